The lowest BCUT2D eigenvalue weighted by atomic mass is 9.45. The van der Waals surface area contributed by atoms with Gasteiger partial charge in [-0.15, -0.1) is 0 Å². The van der Waals surface area contributed by atoms with E-state index >= 15 is 0 Å². The van der Waals surface area contributed by atoms with E-state index in [1.165, 1.54) is 64.2 Å². The van der Waals surface area contributed by atoms with Crippen LogP contribution in [0.3, 0.4) is 0 Å². The molecule has 0 spiro atoms. The second kappa shape index (κ2) is 6.89. The van der Waals surface area contributed by atoms with Crippen LogP contribution in [0.2, 0.25) is 0 Å². The first kappa shape index (κ1) is 18.7. The molecule has 1 aromatic carbocycles. The number of hydrogen-bond donors (Lipinski definition) is 1. The van der Waals surface area contributed by atoms with Crippen molar-refractivity contribution in [1.29, 1.82) is 0 Å². The highest BCUT2D eigenvalue weighted by molar-refractivity contribution is 5.83. The standard InChI is InChI=1S/C26H37NO/c1-25-15-6-5-8-19(25)10-11-20-21-12-13-24(26(21,2)16-14-22(20)25)27-17-18-7-3-4-9-23(18)28/h3-4,7,9,17,19-22,24,28H,5-6,8,10-16H2,1-2H3/t19-,20+,21+,22+,24-,25+,26+/m1/s1. The summed E-state index contributed by atoms with van der Waals surface area (Å²) < 4.78 is 0. The summed E-state index contributed by atoms with van der Waals surface area (Å²) in [5, 5.41) is 10.1. The minimum Gasteiger partial charge on any atom is -0.507 e. The summed E-state index contributed by atoms with van der Waals surface area (Å²) in [5.41, 5.74) is 1.85. The van der Waals surface area contributed by atoms with E-state index in [-0.39, 0.29) is 0 Å². The minimum absolute atomic E-state index is 0.346. The van der Waals surface area contributed by atoms with Gasteiger partial charge in [-0.2, -0.15) is 0 Å². The van der Waals surface area contributed by atoms with E-state index in [0.717, 1.165) is 29.2 Å². The van der Waals surface area contributed by atoms with E-state index in [2.05, 4.69) is 13.8 Å². The number of aromatic hydroxyl groups is 1. The van der Waals surface area contributed by atoms with Crippen LogP contribution < -0.4 is 0 Å². The Labute approximate surface area is 170 Å². The Bertz CT molecular complexity index is 757. The van der Waals surface area contributed by atoms with E-state index < -0.39 is 0 Å². The van der Waals surface area contributed by atoms with Crippen molar-refractivity contribution in [2.75, 3.05) is 0 Å². The van der Waals surface area contributed by atoms with Gasteiger partial charge in [-0.3, -0.25) is 4.99 Å². The van der Waals surface area contributed by atoms with Gasteiger partial charge in [-0.25, -0.2) is 0 Å². The number of para-hydroxylation sites is 1. The molecule has 152 valence electrons. The van der Waals surface area contributed by atoms with Crippen LogP contribution in [0.15, 0.2) is 29.3 Å². The zero-order valence-corrected chi connectivity index (χ0v) is 17.7. The topological polar surface area (TPSA) is 32.6 Å². The molecule has 28 heavy (non-hydrogen) atoms. The molecule has 0 radical (unpaired) electrons. The maximum absolute atomic E-state index is 10.1. The first-order valence-corrected chi connectivity index (χ1v) is 11.8. The normalized spacial score (nSPS) is 45.4. The minimum atomic E-state index is 0.346. The largest absolute Gasteiger partial charge is 0.507 e. The van der Waals surface area contributed by atoms with Crippen molar-refractivity contribution in [2.45, 2.75) is 84.1 Å². The Balaban J connectivity index is 1.37. The van der Waals surface area contributed by atoms with E-state index in [1.807, 2.05) is 24.4 Å². The molecule has 4 saturated carbocycles. The van der Waals surface area contributed by atoms with Gasteiger partial charge in [0, 0.05) is 11.8 Å². The summed E-state index contributed by atoms with van der Waals surface area (Å²) in [6, 6.07) is 8.01. The molecule has 2 heteroatoms. The van der Waals surface area contributed by atoms with Crippen LogP contribution in [0.25, 0.3) is 0 Å². The summed E-state index contributed by atoms with van der Waals surface area (Å²) in [6.45, 7) is 5.21. The van der Waals surface area contributed by atoms with Crippen molar-refractivity contribution < 1.29 is 5.11 Å². The van der Waals surface area contributed by atoms with Crippen LogP contribution in [0.5, 0.6) is 5.75 Å². The Kier molecular flexibility index (Phi) is 4.60. The molecule has 0 heterocycles. The number of fused-ring (bicyclic) bond motifs is 5. The molecule has 0 saturated heterocycles. The Hall–Kier alpha value is -1.31. The summed E-state index contributed by atoms with van der Waals surface area (Å²) in [7, 11) is 0. The van der Waals surface area contributed by atoms with Gasteiger partial charge in [-0.1, -0.05) is 38.8 Å². The third-order valence-electron chi connectivity index (χ3n) is 9.86. The Morgan fingerprint density at radius 2 is 1.71 bits per heavy atom. The molecule has 4 aliphatic rings. The average molecular weight is 380 g/mol. The predicted octanol–water partition coefficient (Wildman–Crippen LogP) is 6.61. The monoisotopic (exact) mass is 379 g/mol. The highest BCUT2D eigenvalue weighted by Gasteiger charge is 2.59. The summed E-state index contributed by atoms with van der Waals surface area (Å²) in [6.07, 6.45) is 16.2. The third-order valence-corrected chi connectivity index (χ3v) is 9.86. The molecular formula is C26H37NO. The lowest BCUT2D eigenvalue weighted by Gasteiger charge is -2.60. The number of phenolic OH excluding ortho intramolecular Hbond substituents is 1. The van der Waals surface area contributed by atoms with Crippen molar-refractivity contribution in [3.05, 3.63) is 29.8 Å². The maximum atomic E-state index is 10.1. The molecule has 5 rings (SSSR count). The van der Waals surface area contributed by atoms with Crippen LogP contribution in [0.4, 0.5) is 0 Å². The number of phenols is 1. The number of nitrogens with zero attached hydrogens (tertiary/aromatic N) is 1. The van der Waals surface area contributed by atoms with Gasteiger partial charge in [0.2, 0.25) is 0 Å². The Morgan fingerprint density at radius 3 is 2.57 bits per heavy atom. The molecule has 4 aliphatic carbocycles. The van der Waals surface area contributed by atoms with E-state index in [9.17, 15) is 5.11 Å². The molecule has 0 aromatic heterocycles. The first-order valence-electron chi connectivity index (χ1n) is 11.8. The van der Waals surface area contributed by atoms with Crippen molar-refractivity contribution in [3.63, 3.8) is 0 Å². The van der Waals surface area contributed by atoms with Crippen LogP contribution >= 0.6 is 0 Å². The van der Waals surface area contributed by atoms with Gasteiger partial charge < -0.3 is 5.11 Å². The zero-order valence-electron chi connectivity index (χ0n) is 17.7. The smallest absolute Gasteiger partial charge is 0.124 e. The third kappa shape index (κ3) is 2.77. The lowest BCUT2D eigenvalue weighted by Crippen LogP contribution is -2.53. The molecular weight excluding hydrogens is 342 g/mol. The summed E-state index contributed by atoms with van der Waals surface area (Å²) >= 11 is 0. The van der Waals surface area contributed by atoms with Crippen LogP contribution in [-0.2, 0) is 0 Å². The van der Waals surface area contributed by atoms with Crippen molar-refractivity contribution in [1.82, 2.24) is 0 Å². The fraction of sp³-hybridized carbons (Fsp3) is 0.731. The van der Waals surface area contributed by atoms with Crippen LogP contribution in [0.1, 0.15) is 83.6 Å². The van der Waals surface area contributed by atoms with Crippen molar-refractivity contribution >= 4 is 6.21 Å². The molecule has 4 fully saturated rings. The fourth-order valence-corrected chi connectivity index (χ4v) is 8.28. The molecule has 7 atom stereocenters. The number of aliphatic imine (C=N–C) groups is 1. The van der Waals surface area contributed by atoms with Gasteiger partial charge in [-0.05, 0) is 98.0 Å². The Morgan fingerprint density at radius 1 is 0.893 bits per heavy atom. The average Bonchev–Trinajstić information content (AvgIpc) is 3.03. The SMILES string of the molecule is C[C@]12CCCC[C@@H]1CC[C@@H]1[C@@H]2CC[C@]2(C)[C@H](N=Cc3ccccc3O)CC[C@@H]12. The molecule has 0 unspecified atom stereocenters. The molecule has 1 N–H and O–H groups in total. The second-order valence-corrected chi connectivity index (χ2v) is 10.9. The van der Waals surface area contributed by atoms with E-state index in [4.69, 9.17) is 4.99 Å². The number of rotatable bonds is 2. The molecule has 0 amide bonds. The van der Waals surface area contributed by atoms with Gasteiger partial charge >= 0.3 is 0 Å². The van der Waals surface area contributed by atoms with Crippen LogP contribution in [-0.4, -0.2) is 17.4 Å². The molecule has 1 aromatic rings. The zero-order chi connectivity index (χ0) is 19.4. The number of hydrogen-bond acceptors (Lipinski definition) is 2. The van der Waals surface area contributed by atoms with Gasteiger partial charge in [0.25, 0.3) is 0 Å². The van der Waals surface area contributed by atoms with E-state index in [1.54, 1.807) is 6.07 Å². The second-order valence-electron chi connectivity index (χ2n) is 10.9. The molecule has 0 aliphatic heterocycles. The highest BCUT2D eigenvalue weighted by atomic mass is 16.3. The summed E-state index contributed by atoms with van der Waals surface area (Å²) in [4.78, 5) is 5.06. The molecule has 0 bridgehead atoms. The van der Waals surface area contributed by atoms with Gasteiger partial charge in [0.05, 0.1) is 6.04 Å². The van der Waals surface area contributed by atoms with Crippen LogP contribution in [0, 0.1) is 34.5 Å². The van der Waals surface area contributed by atoms with E-state index in [0.29, 0.717) is 22.6 Å². The highest BCUT2D eigenvalue weighted by Crippen LogP contribution is 2.66. The maximum Gasteiger partial charge on any atom is 0.124 e. The lowest BCUT2D eigenvalue weighted by molar-refractivity contribution is -0.105. The van der Waals surface area contributed by atoms with Gasteiger partial charge in [0.15, 0.2) is 0 Å². The first-order chi connectivity index (χ1) is 13.5. The van der Waals surface area contributed by atoms with Crippen molar-refractivity contribution in [3.8, 4) is 5.75 Å². The predicted molar refractivity (Wildman–Crippen MR) is 116 cm³/mol. The van der Waals surface area contributed by atoms with Gasteiger partial charge in [0.1, 0.15) is 5.75 Å². The number of benzene rings is 1. The fourth-order valence-electron chi connectivity index (χ4n) is 8.28. The summed E-state index contributed by atoms with van der Waals surface area (Å²) in [5.74, 6) is 4.10. The van der Waals surface area contributed by atoms with Crippen molar-refractivity contribution in [2.24, 2.45) is 39.5 Å². The quantitative estimate of drug-likeness (QED) is 0.576. The molecule has 2 nitrogen and oxygen atoms in total.